The lowest BCUT2D eigenvalue weighted by Crippen LogP contribution is -2.50. The molecule has 0 bridgehead atoms. The number of hydrogen-bond donors (Lipinski definition) is 1. The van der Waals surface area contributed by atoms with Gasteiger partial charge < -0.3 is 19.9 Å². The smallest absolute Gasteiger partial charge is 0.410 e. The second-order valence-electron chi connectivity index (χ2n) is 9.45. The molecule has 0 spiro atoms. The molecule has 0 aromatic carbocycles. The molecule has 182 valence electrons. The Balaban J connectivity index is 1.41. The number of aromatic nitrogens is 2. The average Bonchev–Trinajstić information content (AvgIpc) is 3.39. The van der Waals surface area contributed by atoms with E-state index in [9.17, 15) is 9.59 Å². The van der Waals surface area contributed by atoms with Crippen LogP contribution in [0.5, 0.6) is 0 Å². The van der Waals surface area contributed by atoms with Crippen LogP contribution in [0.1, 0.15) is 38.2 Å². The molecule has 0 atom stereocenters. The van der Waals surface area contributed by atoms with Crippen LogP contribution in [0.15, 0.2) is 35.6 Å². The highest BCUT2D eigenvalue weighted by Gasteiger charge is 2.27. The van der Waals surface area contributed by atoms with Crippen LogP contribution in [-0.2, 0) is 4.74 Å². The molecule has 10 nitrogen and oxygen atoms in total. The zero-order valence-electron chi connectivity index (χ0n) is 20.2. The Bertz CT molecular complexity index is 1090. The molecule has 2 aliphatic rings. The lowest BCUT2D eigenvalue weighted by Gasteiger charge is -2.37. The van der Waals surface area contributed by atoms with Crippen LogP contribution < -0.4 is 15.2 Å². The van der Waals surface area contributed by atoms with Gasteiger partial charge in [0.25, 0.3) is 5.91 Å². The number of pyridine rings is 1. The topological polar surface area (TPSA) is 94.1 Å². The zero-order chi connectivity index (χ0) is 24.5. The minimum Gasteiger partial charge on any atom is -0.444 e. The zero-order valence-corrected chi connectivity index (χ0v) is 21.1. The van der Waals surface area contributed by atoms with Gasteiger partial charge in [-0.1, -0.05) is 0 Å². The second kappa shape index (κ2) is 9.59. The van der Waals surface area contributed by atoms with Crippen LogP contribution in [-0.4, -0.2) is 77.2 Å². The maximum atomic E-state index is 13.0. The Labute approximate surface area is 203 Å². The highest BCUT2D eigenvalue weighted by molar-refractivity contribution is 7.14. The molecule has 0 aliphatic carbocycles. The van der Waals surface area contributed by atoms with Crippen molar-refractivity contribution in [3.05, 3.63) is 41.3 Å². The molecule has 4 heterocycles. The monoisotopic (exact) mass is 485 g/mol. The first-order chi connectivity index (χ1) is 16.1. The van der Waals surface area contributed by atoms with Crippen LogP contribution in [0, 0.1) is 0 Å². The van der Waals surface area contributed by atoms with Crippen LogP contribution in [0.2, 0.25) is 0 Å². The first-order valence-electron chi connectivity index (χ1n) is 11.2. The molecule has 1 fully saturated rings. The first kappa shape index (κ1) is 24.0. The van der Waals surface area contributed by atoms with Crippen molar-refractivity contribution in [2.75, 3.05) is 55.0 Å². The fourth-order valence-corrected chi connectivity index (χ4v) is 4.69. The van der Waals surface area contributed by atoms with Gasteiger partial charge in [0.05, 0.1) is 17.6 Å². The summed E-state index contributed by atoms with van der Waals surface area (Å²) in [6.45, 7) is 10.8. The van der Waals surface area contributed by atoms with E-state index in [4.69, 9.17) is 4.74 Å². The molecule has 0 saturated carbocycles. The fourth-order valence-electron chi connectivity index (χ4n) is 3.86. The summed E-state index contributed by atoms with van der Waals surface area (Å²) in [6.07, 6.45) is 5.06. The summed E-state index contributed by atoms with van der Waals surface area (Å²) >= 11 is 1.42. The van der Waals surface area contributed by atoms with Crippen molar-refractivity contribution in [3.63, 3.8) is 0 Å². The summed E-state index contributed by atoms with van der Waals surface area (Å²) < 4.78 is 5.48. The SMILES string of the molecule is CC1=CN(c2nc(C(=O)Nc3cnccc3N3CCN(C(=O)OC(C)(C)C)CC3)cs2)N(C)C1. The predicted molar refractivity (Wildman–Crippen MR) is 133 cm³/mol. The van der Waals surface area contributed by atoms with Crippen molar-refractivity contribution < 1.29 is 14.3 Å². The number of nitrogens with zero attached hydrogens (tertiary/aromatic N) is 6. The Morgan fingerprint density at radius 3 is 2.56 bits per heavy atom. The summed E-state index contributed by atoms with van der Waals surface area (Å²) in [4.78, 5) is 37.9. The maximum absolute atomic E-state index is 13.0. The number of hydrazine groups is 1. The van der Waals surface area contributed by atoms with Crippen LogP contribution in [0.4, 0.5) is 21.3 Å². The molecule has 0 unspecified atom stereocenters. The summed E-state index contributed by atoms with van der Waals surface area (Å²) in [5.41, 5.74) is 2.54. The third-order valence-electron chi connectivity index (χ3n) is 5.43. The Hall–Kier alpha value is -3.18. The number of carbonyl (C=O) groups excluding carboxylic acids is 2. The molecule has 4 rings (SSSR count). The van der Waals surface area contributed by atoms with Gasteiger partial charge in [-0.05, 0) is 39.3 Å². The summed E-state index contributed by atoms with van der Waals surface area (Å²) in [5, 5.41) is 9.47. The van der Waals surface area contributed by atoms with Crippen molar-refractivity contribution >= 4 is 39.8 Å². The number of amides is 2. The second-order valence-corrected chi connectivity index (χ2v) is 10.3. The van der Waals surface area contributed by atoms with Gasteiger partial charge in [-0.3, -0.25) is 14.8 Å². The van der Waals surface area contributed by atoms with Crippen molar-refractivity contribution in [1.29, 1.82) is 0 Å². The van der Waals surface area contributed by atoms with Gasteiger partial charge in [0, 0.05) is 57.5 Å². The minimum absolute atomic E-state index is 0.285. The molecular weight excluding hydrogens is 454 g/mol. The van der Waals surface area contributed by atoms with Gasteiger partial charge in [-0.25, -0.2) is 14.8 Å². The standard InChI is InChI=1S/C23H31N7O3S/c1-16-13-27(5)30(14-16)21-26-18(15-34-21)20(31)25-17-12-24-7-6-19(17)28-8-10-29(11-9-28)22(32)33-23(2,3)4/h6-7,12,14-15H,8-11,13H2,1-5H3,(H,25,31). The highest BCUT2D eigenvalue weighted by atomic mass is 32.1. The third-order valence-corrected chi connectivity index (χ3v) is 6.26. The molecule has 2 aromatic heterocycles. The van der Waals surface area contributed by atoms with Crippen LogP contribution in [0.25, 0.3) is 0 Å². The van der Waals surface area contributed by atoms with Gasteiger partial charge in [0.2, 0.25) is 5.13 Å². The maximum Gasteiger partial charge on any atom is 0.410 e. The number of anilines is 3. The van der Waals surface area contributed by atoms with E-state index >= 15 is 0 Å². The van der Waals surface area contributed by atoms with E-state index in [1.165, 1.54) is 16.9 Å². The van der Waals surface area contributed by atoms with Crippen LogP contribution in [0.3, 0.4) is 0 Å². The van der Waals surface area contributed by atoms with Gasteiger partial charge in [0.15, 0.2) is 0 Å². The molecule has 1 saturated heterocycles. The van der Waals surface area contributed by atoms with Gasteiger partial charge >= 0.3 is 6.09 Å². The summed E-state index contributed by atoms with van der Waals surface area (Å²) in [7, 11) is 1.98. The highest BCUT2D eigenvalue weighted by Crippen LogP contribution is 2.29. The van der Waals surface area contributed by atoms with Gasteiger partial charge in [-0.15, -0.1) is 11.3 Å². The average molecular weight is 486 g/mol. The minimum atomic E-state index is -0.522. The molecule has 34 heavy (non-hydrogen) atoms. The molecule has 0 radical (unpaired) electrons. The van der Waals surface area contributed by atoms with Crippen molar-refractivity contribution in [2.24, 2.45) is 0 Å². The normalized spacial score (nSPS) is 17.1. The molecule has 11 heteroatoms. The van der Waals surface area contributed by atoms with Gasteiger partial charge in [-0.2, -0.15) is 0 Å². The Morgan fingerprint density at radius 1 is 1.18 bits per heavy atom. The van der Waals surface area contributed by atoms with E-state index in [0.717, 1.165) is 17.4 Å². The lowest BCUT2D eigenvalue weighted by molar-refractivity contribution is 0.0240. The first-order valence-corrected chi connectivity index (χ1v) is 12.1. The van der Waals surface area contributed by atoms with E-state index in [0.29, 0.717) is 37.6 Å². The molecule has 1 N–H and O–H groups in total. The quantitative estimate of drug-likeness (QED) is 0.704. The molecule has 2 amide bonds. The summed E-state index contributed by atoms with van der Waals surface area (Å²) in [5.74, 6) is -0.285. The predicted octanol–water partition coefficient (Wildman–Crippen LogP) is 3.42. The fraction of sp³-hybridized carbons (Fsp3) is 0.478. The number of likely N-dealkylation sites (N-methyl/N-ethyl adjacent to an activating group) is 1. The number of piperazine rings is 1. The van der Waals surface area contributed by atoms with E-state index < -0.39 is 5.60 Å². The van der Waals surface area contributed by atoms with Crippen molar-refractivity contribution in [1.82, 2.24) is 19.9 Å². The third kappa shape index (κ3) is 5.48. The van der Waals surface area contributed by atoms with E-state index in [2.05, 4.69) is 27.1 Å². The molecule has 2 aromatic rings. The van der Waals surface area contributed by atoms with Gasteiger partial charge in [0.1, 0.15) is 11.3 Å². The Kier molecular flexibility index (Phi) is 6.76. The molecular formula is C23H31N7O3S. The van der Waals surface area contributed by atoms with E-state index in [1.807, 2.05) is 50.1 Å². The molecule has 2 aliphatic heterocycles. The lowest BCUT2D eigenvalue weighted by atomic mass is 10.2. The number of nitrogens with one attached hydrogen (secondary N) is 1. The number of hydrogen-bond acceptors (Lipinski definition) is 9. The number of thiazole rings is 1. The van der Waals surface area contributed by atoms with Crippen molar-refractivity contribution in [3.8, 4) is 0 Å². The van der Waals surface area contributed by atoms with Crippen LogP contribution >= 0.6 is 11.3 Å². The van der Waals surface area contributed by atoms with E-state index in [1.54, 1.807) is 22.7 Å². The Morgan fingerprint density at radius 2 is 1.91 bits per heavy atom. The number of carbonyl (C=O) groups is 2. The van der Waals surface area contributed by atoms with E-state index in [-0.39, 0.29) is 12.0 Å². The van der Waals surface area contributed by atoms with Crippen molar-refractivity contribution in [2.45, 2.75) is 33.3 Å². The number of rotatable bonds is 4. The summed E-state index contributed by atoms with van der Waals surface area (Å²) in [6, 6.07) is 1.87. The number of ether oxygens (including phenoxy) is 1. The largest absolute Gasteiger partial charge is 0.444 e.